The van der Waals surface area contributed by atoms with E-state index in [2.05, 4.69) is 264 Å². The molecule has 2 aromatic heterocycles. The molecule has 0 saturated carbocycles. The molecule has 348 valence electrons. The van der Waals surface area contributed by atoms with E-state index < -0.39 is 0 Å². The van der Waals surface area contributed by atoms with Crippen molar-refractivity contribution in [2.45, 2.75) is 12.0 Å². The molecule has 3 heterocycles. The van der Waals surface area contributed by atoms with E-state index in [0.29, 0.717) is 17.5 Å². The van der Waals surface area contributed by atoms with Crippen molar-refractivity contribution in [2.75, 3.05) is 4.90 Å². The van der Waals surface area contributed by atoms with Crippen LogP contribution in [-0.2, 0) is 0 Å². The number of para-hydroxylation sites is 3. The third-order valence-electron chi connectivity index (χ3n) is 14.8. The van der Waals surface area contributed by atoms with Crippen molar-refractivity contribution in [3.05, 3.63) is 279 Å². The minimum Gasteiger partial charge on any atom is -0.333 e. The van der Waals surface area contributed by atoms with Crippen LogP contribution >= 0.6 is 0 Å². The van der Waals surface area contributed by atoms with Crippen LogP contribution in [0, 0.1) is 0 Å². The average molecular weight is 946 g/mol. The highest BCUT2D eigenvalue weighted by atomic mass is 15.2. The fourth-order valence-electron chi connectivity index (χ4n) is 11.3. The number of fused-ring (bicyclic) bond motifs is 6. The Hall–Kier alpha value is -9.71. The molecule has 0 radical (unpaired) electrons. The first-order valence-electron chi connectivity index (χ1n) is 25.3. The summed E-state index contributed by atoms with van der Waals surface area (Å²) in [7, 11) is 0. The van der Waals surface area contributed by atoms with E-state index in [0.717, 1.165) is 66.9 Å². The van der Waals surface area contributed by atoms with Gasteiger partial charge in [-0.2, -0.15) is 0 Å². The zero-order valence-corrected chi connectivity index (χ0v) is 40.4. The van der Waals surface area contributed by atoms with Crippen LogP contribution in [0.15, 0.2) is 273 Å². The Morgan fingerprint density at radius 2 is 0.743 bits per heavy atom. The molecule has 0 saturated heterocycles. The minimum absolute atomic E-state index is 0.0867. The molecule has 1 aliphatic heterocycles. The Morgan fingerprint density at radius 3 is 1.34 bits per heavy atom. The summed E-state index contributed by atoms with van der Waals surface area (Å²) in [6.07, 6.45) is 9.04. The molecule has 74 heavy (non-hydrogen) atoms. The molecule has 0 amide bonds. The summed E-state index contributed by atoms with van der Waals surface area (Å²) in [4.78, 5) is 18.7. The molecule has 14 rings (SSSR count). The van der Waals surface area contributed by atoms with Gasteiger partial charge >= 0.3 is 0 Å². The molecule has 5 heteroatoms. The standard InChI is InChI=1S/C69H47N5/c1-4-20-46(21-5-1)49-26-18-28-51(42-49)55-40-38-53(44-65(55)73-61-34-14-10-30-57(61)58-31-11-15-35-62(58)73)68-70-67(48-24-8-3-9-25-48)71-69(72-68)54-39-41-56(52-29-19-27-50(43-52)47-22-6-2-7-23-47)66(45-54)74-63-36-16-12-32-59(63)60-33-13-17-37-64(60)74/h1-45,57,61H. The summed E-state index contributed by atoms with van der Waals surface area (Å²) < 4.78 is 2.41. The largest absolute Gasteiger partial charge is 0.333 e. The van der Waals surface area contributed by atoms with Gasteiger partial charge in [0.25, 0.3) is 0 Å². The Balaban J connectivity index is 0.982. The Bertz CT molecular complexity index is 4100. The second-order valence-electron chi connectivity index (χ2n) is 19.1. The maximum Gasteiger partial charge on any atom is 0.164 e. The Labute approximate surface area is 430 Å². The number of rotatable bonds is 9. The lowest BCUT2D eigenvalue weighted by atomic mass is 9.91. The predicted molar refractivity (Wildman–Crippen MR) is 306 cm³/mol. The lowest BCUT2D eigenvalue weighted by Crippen LogP contribution is -2.29. The van der Waals surface area contributed by atoms with Gasteiger partial charge in [0.2, 0.25) is 0 Å². The van der Waals surface area contributed by atoms with Gasteiger partial charge < -0.3 is 9.47 Å². The van der Waals surface area contributed by atoms with Crippen LogP contribution in [0.5, 0.6) is 0 Å². The smallest absolute Gasteiger partial charge is 0.164 e. The maximum atomic E-state index is 5.48. The molecule has 5 nitrogen and oxygen atoms in total. The fraction of sp³-hybridized carbons (Fsp3) is 0.0290. The number of allylic oxidation sites excluding steroid dienone is 2. The van der Waals surface area contributed by atoms with Crippen molar-refractivity contribution in [2.24, 2.45) is 0 Å². The molecule has 2 atom stereocenters. The van der Waals surface area contributed by atoms with Crippen molar-refractivity contribution in [3.8, 4) is 84.4 Å². The summed E-state index contributed by atoms with van der Waals surface area (Å²) in [5.41, 5.74) is 18.8. The van der Waals surface area contributed by atoms with E-state index in [1.54, 1.807) is 0 Å². The number of aromatic nitrogens is 4. The number of anilines is 2. The molecule has 2 unspecified atom stereocenters. The second-order valence-corrected chi connectivity index (χ2v) is 19.1. The first-order valence-corrected chi connectivity index (χ1v) is 25.3. The van der Waals surface area contributed by atoms with E-state index in [4.69, 9.17) is 15.0 Å². The monoisotopic (exact) mass is 945 g/mol. The number of benzene rings is 10. The van der Waals surface area contributed by atoms with Crippen LogP contribution in [-0.4, -0.2) is 25.6 Å². The van der Waals surface area contributed by atoms with Crippen molar-refractivity contribution in [1.29, 1.82) is 0 Å². The summed E-state index contributed by atoms with van der Waals surface area (Å²) in [6, 6.07) is 89.0. The summed E-state index contributed by atoms with van der Waals surface area (Å²) in [6.45, 7) is 0. The van der Waals surface area contributed by atoms with Gasteiger partial charge in [-0.3, -0.25) is 0 Å². The van der Waals surface area contributed by atoms with Crippen LogP contribution < -0.4 is 4.90 Å². The summed E-state index contributed by atoms with van der Waals surface area (Å²) in [5.74, 6) is 2.01. The van der Waals surface area contributed by atoms with E-state index in [1.807, 2.05) is 18.2 Å². The lowest BCUT2D eigenvalue weighted by molar-refractivity contribution is 0.745. The topological polar surface area (TPSA) is 46.8 Å². The zero-order valence-electron chi connectivity index (χ0n) is 40.4. The van der Waals surface area contributed by atoms with Gasteiger partial charge in [-0.15, -0.1) is 0 Å². The molecule has 10 aromatic carbocycles. The molecule has 1 aliphatic carbocycles. The quantitative estimate of drug-likeness (QED) is 0.145. The van der Waals surface area contributed by atoms with Gasteiger partial charge in [-0.05, 0) is 81.4 Å². The van der Waals surface area contributed by atoms with Gasteiger partial charge in [0.1, 0.15) is 0 Å². The van der Waals surface area contributed by atoms with E-state index in [9.17, 15) is 0 Å². The summed E-state index contributed by atoms with van der Waals surface area (Å²) >= 11 is 0. The number of hydrogen-bond acceptors (Lipinski definition) is 4. The predicted octanol–water partition coefficient (Wildman–Crippen LogP) is 17.4. The third-order valence-corrected chi connectivity index (χ3v) is 14.8. The van der Waals surface area contributed by atoms with Crippen molar-refractivity contribution in [3.63, 3.8) is 0 Å². The molecular weight excluding hydrogens is 899 g/mol. The first-order chi connectivity index (χ1) is 36.7. The number of nitrogens with zero attached hydrogens (tertiary/aromatic N) is 5. The molecule has 0 N–H and O–H groups in total. The molecule has 2 aliphatic rings. The van der Waals surface area contributed by atoms with Gasteiger partial charge in [0, 0.05) is 50.2 Å². The average Bonchev–Trinajstić information content (AvgIpc) is 4.02. The van der Waals surface area contributed by atoms with Gasteiger partial charge in [-0.1, -0.05) is 231 Å². The van der Waals surface area contributed by atoms with E-state index >= 15 is 0 Å². The third kappa shape index (κ3) is 7.53. The molecule has 0 spiro atoms. The zero-order chi connectivity index (χ0) is 49.0. The second kappa shape index (κ2) is 18.2. The maximum absolute atomic E-state index is 5.48. The van der Waals surface area contributed by atoms with Crippen molar-refractivity contribution < 1.29 is 0 Å². The highest BCUT2D eigenvalue weighted by molar-refractivity contribution is 6.10. The van der Waals surface area contributed by atoms with Crippen LogP contribution in [0.25, 0.3) is 106 Å². The molecule has 0 bridgehead atoms. The highest BCUT2D eigenvalue weighted by Crippen LogP contribution is 2.51. The van der Waals surface area contributed by atoms with Crippen molar-refractivity contribution >= 4 is 33.2 Å². The normalized spacial score (nSPS) is 14.6. The van der Waals surface area contributed by atoms with Gasteiger partial charge in [0.05, 0.1) is 28.5 Å². The summed E-state index contributed by atoms with van der Waals surface area (Å²) in [5, 5.41) is 2.40. The molecule has 0 fully saturated rings. The lowest BCUT2D eigenvalue weighted by Gasteiger charge is -2.31. The number of hydrogen-bond donors (Lipinski definition) is 0. The minimum atomic E-state index is 0.0867. The Morgan fingerprint density at radius 1 is 0.297 bits per heavy atom. The van der Waals surface area contributed by atoms with Gasteiger partial charge in [0.15, 0.2) is 17.5 Å². The first kappa shape index (κ1) is 43.1. The van der Waals surface area contributed by atoms with E-state index in [-0.39, 0.29) is 12.0 Å². The van der Waals surface area contributed by atoms with Crippen LogP contribution in [0.4, 0.5) is 11.4 Å². The highest BCUT2D eigenvalue weighted by Gasteiger charge is 2.38. The van der Waals surface area contributed by atoms with E-state index in [1.165, 1.54) is 38.7 Å². The van der Waals surface area contributed by atoms with Gasteiger partial charge in [-0.25, -0.2) is 15.0 Å². The van der Waals surface area contributed by atoms with Crippen LogP contribution in [0.3, 0.4) is 0 Å². The van der Waals surface area contributed by atoms with Crippen molar-refractivity contribution in [1.82, 2.24) is 19.5 Å². The molecule has 12 aromatic rings. The molecular formula is C69H47N5. The fourth-order valence-corrected chi connectivity index (χ4v) is 11.3. The van der Waals surface area contributed by atoms with Crippen LogP contribution in [0.1, 0.15) is 11.5 Å². The Kier molecular flexibility index (Phi) is 10.6. The van der Waals surface area contributed by atoms with Crippen LogP contribution in [0.2, 0.25) is 0 Å². The SMILES string of the molecule is C1=CC2c3ccccc3N(c3cc(-c4nc(-c5ccccc5)nc(-c5ccc(-c6cccc(-c7ccccc7)c6)c(-n6c7ccccc7c7ccccc76)c5)n4)ccc3-c3cccc(-c4ccccc4)c3)C2C=C1.